The number of hydrogen-bond donors (Lipinski definition) is 2. The zero-order valence-electron chi connectivity index (χ0n) is 9.98. The molecule has 0 amide bonds. The quantitative estimate of drug-likeness (QED) is 0.517. The van der Waals surface area contributed by atoms with E-state index in [1.807, 2.05) is 0 Å². The molecule has 2 N–H and O–H groups in total. The summed E-state index contributed by atoms with van der Waals surface area (Å²) in [4.78, 5) is 0. The van der Waals surface area contributed by atoms with Crippen LogP contribution < -0.4 is 5.43 Å². The number of hydrogen-bond acceptors (Lipinski definition) is 4. The van der Waals surface area contributed by atoms with E-state index in [1.54, 1.807) is 12.1 Å². The van der Waals surface area contributed by atoms with Crippen LogP contribution in [-0.2, 0) is 6.18 Å². The monoisotopic (exact) mass is 298 g/mol. The minimum atomic E-state index is -4.42. The van der Waals surface area contributed by atoms with Gasteiger partial charge in [0.05, 0.1) is 11.8 Å². The van der Waals surface area contributed by atoms with Crippen LogP contribution in [0.3, 0.4) is 0 Å². The molecule has 4 nitrogen and oxygen atoms in total. The van der Waals surface area contributed by atoms with E-state index in [0.29, 0.717) is 10.5 Å². The summed E-state index contributed by atoms with van der Waals surface area (Å²) in [7, 11) is 0. The van der Waals surface area contributed by atoms with Crippen molar-refractivity contribution < 1.29 is 13.2 Å². The lowest BCUT2D eigenvalue weighted by Gasteiger charge is -2.09. The molecule has 0 saturated heterocycles. The van der Waals surface area contributed by atoms with Crippen LogP contribution in [0, 0.1) is 4.64 Å². The molecule has 20 heavy (non-hydrogen) atoms. The van der Waals surface area contributed by atoms with Gasteiger partial charge in [-0.3, -0.25) is 10.5 Å². The molecule has 0 atom stereocenters. The molecule has 1 heterocycles. The predicted octanol–water partition coefficient (Wildman–Crippen LogP) is 3.60. The van der Waals surface area contributed by atoms with Crippen molar-refractivity contribution in [2.24, 2.45) is 5.10 Å². The highest BCUT2D eigenvalue weighted by molar-refractivity contribution is 7.71. The Morgan fingerprint density at radius 2 is 1.95 bits per heavy atom. The summed E-state index contributed by atoms with van der Waals surface area (Å²) in [5, 5.41) is 10.1. The standard InChI is InChI=1S/C12H9F3N4S/c13-12(14,15)9-4-2-1-3-8(9)7-16-17-10-5-6-11(20)19-18-10/h1-7H,(H,17,18)(H,19,20)/b16-7+. The first-order chi connectivity index (χ1) is 9.47. The summed E-state index contributed by atoms with van der Waals surface area (Å²) in [6.07, 6.45) is -3.33. The van der Waals surface area contributed by atoms with Crippen LogP contribution in [0.2, 0.25) is 0 Å². The first-order valence-corrected chi connectivity index (χ1v) is 5.89. The van der Waals surface area contributed by atoms with Crippen molar-refractivity contribution >= 4 is 24.3 Å². The molecule has 0 radical (unpaired) electrons. The highest BCUT2D eigenvalue weighted by atomic mass is 32.1. The molecule has 1 aromatic carbocycles. The molecular weight excluding hydrogens is 289 g/mol. The Hall–Kier alpha value is -2.22. The molecule has 0 unspecified atom stereocenters. The van der Waals surface area contributed by atoms with E-state index in [9.17, 15) is 13.2 Å². The van der Waals surface area contributed by atoms with E-state index < -0.39 is 11.7 Å². The lowest BCUT2D eigenvalue weighted by Crippen LogP contribution is -2.09. The number of nitrogens with one attached hydrogen (secondary N) is 2. The van der Waals surface area contributed by atoms with Crippen LogP contribution in [0.15, 0.2) is 41.5 Å². The van der Waals surface area contributed by atoms with E-state index in [2.05, 4.69) is 20.7 Å². The second kappa shape index (κ2) is 5.83. The predicted molar refractivity (Wildman–Crippen MR) is 72.1 cm³/mol. The van der Waals surface area contributed by atoms with Crippen molar-refractivity contribution in [3.63, 3.8) is 0 Å². The molecule has 8 heteroatoms. The van der Waals surface area contributed by atoms with E-state index in [0.717, 1.165) is 12.3 Å². The van der Waals surface area contributed by atoms with Crippen molar-refractivity contribution in [1.82, 2.24) is 10.2 Å². The summed E-state index contributed by atoms with van der Waals surface area (Å²) in [5.74, 6) is 0.347. The number of halogens is 3. The molecule has 0 bridgehead atoms. The van der Waals surface area contributed by atoms with Crippen LogP contribution in [0.5, 0.6) is 0 Å². The van der Waals surface area contributed by atoms with Crippen molar-refractivity contribution in [2.45, 2.75) is 6.18 Å². The van der Waals surface area contributed by atoms with Crippen molar-refractivity contribution in [2.75, 3.05) is 5.43 Å². The molecular formula is C12H9F3N4S. The maximum Gasteiger partial charge on any atom is 0.417 e. The fourth-order valence-electron chi connectivity index (χ4n) is 1.44. The summed E-state index contributed by atoms with van der Waals surface area (Å²) in [6.45, 7) is 0. The molecule has 0 saturated carbocycles. The zero-order valence-corrected chi connectivity index (χ0v) is 10.8. The van der Waals surface area contributed by atoms with Crippen LogP contribution in [-0.4, -0.2) is 16.4 Å². The van der Waals surface area contributed by atoms with Crippen LogP contribution in [0.1, 0.15) is 11.1 Å². The molecule has 0 spiro atoms. The Labute approximate surface area is 117 Å². The van der Waals surface area contributed by atoms with E-state index in [1.165, 1.54) is 18.2 Å². The van der Waals surface area contributed by atoms with Gasteiger partial charge < -0.3 is 0 Å². The molecule has 1 aromatic heterocycles. The topological polar surface area (TPSA) is 53.1 Å². The largest absolute Gasteiger partial charge is 0.417 e. The maximum atomic E-state index is 12.7. The third kappa shape index (κ3) is 3.64. The van der Waals surface area contributed by atoms with Gasteiger partial charge in [-0.2, -0.15) is 23.4 Å². The highest BCUT2D eigenvalue weighted by Gasteiger charge is 2.32. The van der Waals surface area contributed by atoms with Gasteiger partial charge in [-0.1, -0.05) is 30.4 Å². The minimum absolute atomic E-state index is 0.0311. The Morgan fingerprint density at radius 3 is 2.60 bits per heavy atom. The van der Waals surface area contributed by atoms with E-state index in [4.69, 9.17) is 12.2 Å². The highest BCUT2D eigenvalue weighted by Crippen LogP contribution is 2.31. The molecule has 0 aliphatic rings. The second-order valence-corrected chi connectivity index (χ2v) is 4.20. The molecule has 2 rings (SSSR count). The van der Waals surface area contributed by atoms with Gasteiger partial charge in [0.15, 0.2) is 5.82 Å². The van der Waals surface area contributed by atoms with Gasteiger partial charge in [-0.25, -0.2) is 0 Å². The number of hydrazone groups is 1. The number of nitrogens with zero attached hydrogens (tertiary/aromatic N) is 2. The fraction of sp³-hybridized carbons (Fsp3) is 0.0833. The van der Waals surface area contributed by atoms with Gasteiger partial charge in [-0.15, -0.1) is 0 Å². The van der Waals surface area contributed by atoms with E-state index >= 15 is 0 Å². The number of anilines is 1. The number of benzene rings is 1. The first-order valence-electron chi connectivity index (χ1n) is 5.48. The number of aromatic amines is 1. The van der Waals surface area contributed by atoms with Crippen molar-refractivity contribution in [3.8, 4) is 0 Å². The Kier molecular flexibility index (Phi) is 4.14. The van der Waals surface area contributed by atoms with Gasteiger partial charge in [-0.05, 0) is 18.2 Å². The molecule has 104 valence electrons. The molecule has 0 fully saturated rings. The van der Waals surface area contributed by atoms with Crippen molar-refractivity contribution in [1.29, 1.82) is 0 Å². The SMILES string of the molecule is FC(F)(F)c1ccccc1/C=N/Nc1ccc(=S)[nH]n1. The number of aromatic nitrogens is 2. The third-order valence-electron chi connectivity index (χ3n) is 2.33. The fourth-order valence-corrected chi connectivity index (χ4v) is 1.56. The molecule has 2 aromatic rings. The van der Waals surface area contributed by atoms with Gasteiger partial charge in [0, 0.05) is 5.56 Å². The summed E-state index contributed by atoms with van der Waals surface area (Å²) >= 11 is 4.81. The maximum absolute atomic E-state index is 12.7. The van der Waals surface area contributed by atoms with Gasteiger partial charge in [0.1, 0.15) is 4.64 Å². The second-order valence-electron chi connectivity index (χ2n) is 3.76. The summed E-state index contributed by atoms with van der Waals surface area (Å²) < 4.78 is 38.6. The molecule has 0 aliphatic carbocycles. The number of H-pyrrole nitrogens is 1. The number of alkyl halides is 3. The van der Waals surface area contributed by atoms with Crippen LogP contribution in [0.4, 0.5) is 19.0 Å². The van der Waals surface area contributed by atoms with Crippen LogP contribution in [0.25, 0.3) is 0 Å². The average Bonchev–Trinajstić information content (AvgIpc) is 2.40. The normalized spacial score (nSPS) is 11.8. The molecule has 0 aliphatic heterocycles. The number of rotatable bonds is 3. The van der Waals surface area contributed by atoms with Gasteiger partial charge in [0.25, 0.3) is 0 Å². The average molecular weight is 298 g/mol. The Morgan fingerprint density at radius 1 is 1.20 bits per heavy atom. The summed E-state index contributed by atoms with van der Waals surface area (Å²) in [5.41, 5.74) is 1.74. The smallest absolute Gasteiger partial charge is 0.266 e. The minimum Gasteiger partial charge on any atom is -0.266 e. The van der Waals surface area contributed by atoms with Gasteiger partial charge >= 0.3 is 6.18 Å². The lowest BCUT2D eigenvalue weighted by atomic mass is 10.1. The van der Waals surface area contributed by atoms with Gasteiger partial charge in [0.2, 0.25) is 0 Å². The van der Waals surface area contributed by atoms with E-state index in [-0.39, 0.29) is 5.56 Å². The summed E-state index contributed by atoms with van der Waals surface area (Å²) in [6, 6.07) is 8.32. The lowest BCUT2D eigenvalue weighted by molar-refractivity contribution is -0.137. The zero-order chi connectivity index (χ0) is 14.6. The van der Waals surface area contributed by atoms with Crippen LogP contribution >= 0.6 is 12.2 Å². The Bertz CT molecular complexity index is 658. The Balaban J connectivity index is 2.16. The van der Waals surface area contributed by atoms with Crippen molar-refractivity contribution in [3.05, 3.63) is 52.2 Å². The first kappa shape index (κ1) is 14.2. The third-order valence-corrected chi connectivity index (χ3v) is 2.56.